The fourth-order valence-electron chi connectivity index (χ4n) is 1.89. The summed E-state index contributed by atoms with van der Waals surface area (Å²) in [7, 11) is 1.65. The third-order valence-corrected chi connectivity index (χ3v) is 2.78. The van der Waals surface area contributed by atoms with Crippen LogP contribution in [-0.2, 0) is 0 Å². The van der Waals surface area contributed by atoms with Gasteiger partial charge >= 0.3 is 0 Å². The predicted molar refractivity (Wildman–Crippen MR) is 72.4 cm³/mol. The Morgan fingerprint density at radius 2 is 2.00 bits per heavy atom. The van der Waals surface area contributed by atoms with Crippen molar-refractivity contribution in [1.29, 1.82) is 0 Å². The highest BCUT2D eigenvalue weighted by molar-refractivity contribution is 5.78. The van der Waals surface area contributed by atoms with Crippen molar-refractivity contribution in [2.75, 3.05) is 12.4 Å². The first-order valence-electron chi connectivity index (χ1n) is 5.71. The van der Waals surface area contributed by atoms with Gasteiger partial charge in [0.05, 0.1) is 12.8 Å². The number of methoxy groups -OCH3 is 1. The monoisotopic (exact) mass is 239 g/mol. The van der Waals surface area contributed by atoms with Crippen LogP contribution in [0.25, 0.3) is 11.0 Å². The second-order valence-electron chi connectivity index (χ2n) is 3.94. The van der Waals surface area contributed by atoms with Crippen LogP contribution in [0.5, 0.6) is 5.75 Å². The maximum absolute atomic E-state index is 5.29. The second kappa shape index (κ2) is 4.41. The van der Waals surface area contributed by atoms with E-state index in [4.69, 9.17) is 4.74 Å². The van der Waals surface area contributed by atoms with E-state index >= 15 is 0 Å². The number of rotatable bonds is 3. The number of para-hydroxylation sites is 2. The van der Waals surface area contributed by atoms with Gasteiger partial charge in [-0.15, -0.1) is 0 Å². The lowest BCUT2D eigenvalue weighted by atomic mass is 10.3. The van der Waals surface area contributed by atoms with Gasteiger partial charge < -0.3 is 15.0 Å². The standard InChI is InChI=1S/C14H13N3O/c1-18-12-5-3-2-4-11(12)16-13-7-6-10-8-9-15-14(10)17-13/h2-9H,1H3,(H2,15,16,17). The Hall–Kier alpha value is -2.49. The minimum absolute atomic E-state index is 0.787. The van der Waals surface area contributed by atoms with Gasteiger partial charge in [-0.2, -0.15) is 0 Å². The number of nitrogens with one attached hydrogen (secondary N) is 2. The lowest BCUT2D eigenvalue weighted by molar-refractivity contribution is 0.417. The number of aromatic amines is 1. The number of anilines is 2. The Bertz CT molecular complexity index is 675. The van der Waals surface area contributed by atoms with Gasteiger partial charge in [-0.3, -0.25) is 0 Å². The molecule has 0 amide bonds. The summed E-state index contributed by atoms with van der Waals surface area (Å²) in [6.45, 7) is 0. The molecule has 0 saturated heterocycles. The molecular weight excluding hydrogens is 226 g/mol. The minimum Gasteiger partial charge on any atom is -0.495 e. The van der Waals surface area contributed by atoms with Crippen molar-refractivity contribution in [2.24, 2.45) is 0 Å². The number of aromatic nitrogens is 2. The molecule has 0 bridgehead atoms. The highest BCUT2D eigenvalue weighted by Crippen LogP contribution is 2.26. The molecule has 18 heavy (non-hydrogen) atoms. The first-order chi connectivity index (χ1) is 8.86. The topological polar surface area (TPSA) is 49.9 Å². The van der Waals surface area contributed by atoms with Crippen LogP contribution in [0.4, 0.5) is 11.5 Å². The molecule has 4 heteroatoms. The lowest BCUT2D eigenvalue weighted by Crippen LogP contribution is -1.96. The van der Waals surface area contributed by atoms with Crippen molar-refractivity contribution in [3.05, 3.63) is 48.7 Å². The van der Waals surface area contributed by atoms with E-state index in [1.165, 1.54) is 0 Å². The second-order valence-corrected chi connectivity index (χ2v) is 3.94. The summed E-state index contributed by atoms with van der Waals surface area (Å²) in [5.41, 5.74) is 1.77. The molecule has 90 valence electrons. The fourth-order valence-corrected chi connectivity index (χ4v) is 1.89. The number of hydrogen-bond donors (Lipinski definition) is 2. The predicted octanol–water partition coefficient (Wildman–Crippen LogP) is 3.32. The third-order valence-electron chi connectivity index (χ3n) is 2.78. The average Bonchev–Trinajstić information content (AvgIpc) is 2.87. The average molecular weight is 239 g/mol. The van der Waals surface area contributed by atoms with E-state index in [1.54, 1.807) is 7.11 Å². The summed E-state index contributed by atoms with van der Waals surface area (Å²) in [5.74, 6) is 1.58. The Labute approximate surface area is 105 Å². The molecule has 0 unspecified atom stereocenters. The quantitative estimate of drug-likeness (QED) is 0.737. The zero-order valence-electron chi connectivity index (χ0n) is 9.97. The van der Waals surface area contributed by atoms with Gasteiger partial charge in [0, 0.05) is 11.6 Å². The Balaban J connectivity index is 1.95. The lowest BCUT2D eigenvalue weighted by Gasteiger charge is -2.09. The Morgan fingerprint density at radius 1 is 1.11 bits per heavy atom. The molecule has 0 saturated carbocycles. The molecule has 0 atom stereocenters. The SMILES string of the molecule is COc1ccccc1Nc1ccc2cc[nH]c2n1. The van der Waals surface area contributed by atoms with Gasteiger partial charge in [-0.05, 0) is 30.3 Å². The van der Waals surface area contributed by atoms with Gasteiger partial charge in [0.1, 0.15) is 17.2 Å². The normalized spacial score (nSPS) is 10.5. The Kier molecular flexibility index (Phi) is 2.61. The molecule has 0 aliphatic heterocycles. The molecule has 3 rings (SSSR count). The van der Waals surface area contributed by atoms with E-state index in [2.05, 4.69) is 15.3 Å². The number of pyridine rings is 1. The van der Waals surface area contributed by atoms with Crippen LogP contribution in [0, 0.1) is 0 Å². The van der Waals surface area contributed by atoms with Crippen LogP contribution in [-0.4, -0.2) is 17.1 Å². The van der Waals surface area contributed by atoms with E-state index in [0.717, 1.165) is 28.3 Å². The molecule has 2 aromatic heterocycles. The molecular formula is C14H13N3O. The molecule has 2 heterocycles. The van der Waals surface area contributed by atoms with E-state index in [9.17, 15) is 0 Å². The van der Waals surface area contributed by atoms with Gasteiger partial charge in [-0.1, -0.05) is 12.1 Å². The maximum atomic E-state index is 5.29. The van der Waals surface area contributed by atoms with Crippen molar-refractivity contribution >= 4 is 22.5 Å². The number of fused-ring (bicyclic) bond motifs is 1. The molecule has 2 N–H and O–H groups in total. The molecule has 4 nitrogen and oxygen atoms in total. The summed E-state index contributed by atoms with van der Waals surface area (Å²) < 4.78 is 5.29. The van der Waals surface area contributed by atoms with E-state index in [-0.39, 0.29) is 0 Å². The van der Waals surface area contributed by atoms with Crippen LogP contribution >= 0.6 is 0 Å². The van der Waals surface area contributed by atoms with Gasteiger partial charge in [0.15, 0.2) is 0 Å². The number of ether oxygens (including phenoxy) is 1. The molecule has 0 spiro atoms. The summed E-state index contributed by atoms with van der Waals surface area (Å²) in [4.78, 5) is 7.58. The van der Waals surface area contributed by atoms with Crippen LogP contribution in [0.1, 0.15) is 0 Å². The Morgan fingerprint density at radius 3 is 2.89 bits per heavy atom. The fraction of sp³-hybridized carbons (Fsp3) is 0.0714. The largest absolute Gasteiger partial charge is 0.495 e. The van der Waals surface area contributed by atoms with Gasteiger partial charge in [-0.25, -0.2) is 4.98 Å². The molecule has 0 fully saturated rings. The van der Waals surface area contributed by atoms with Crippen molar-refractivity contribution in [1.82, 2.24) is 9.97 Å². The van der Waals surface area contributed by atoms with E-state index < -0.39 is 0 Å². The smallest absolute Gasteiger partial charge is 0.142 e. The minimum atomic E-state index is 0.787. The van der Waals surface area contributed by atoms with Crippen molar-refractivity contribution in [3.63, 3.8) is 0 Å². The van der Waals surface area contributed by atoms with Crippen molar-refractivity contribution in [3.8, 4) is 5.75 Å². The van der Waals surface area contributed by atoms with E-state index in [1.807, 2.05) is 48.7 Å². The molecule has 0 aliphatic carbocycles. The number of hydrogen-bond acceptors (Lipinski definition) is 3. The van der Waals surface area contributed by atoms with Crippen molar-refractivity contribution in [2.45, 2.75) is 0 Å². The van der Waals surface area contributed by atoms with Crippen LogP contribution in [0.2, 0.25) is 0 Å². The maximum Gasteiger partial charge on any atom is 0.142 e. The highest BCUT2D eigenvalue weighted by atomic mass is 16.5. The zero-order valence-corrected chi connectivity index (χ0v) is 9.97. The number of benzene rings is 1. The molecule has 1 aromatic carbocycles. The first-order valence-corrected chi connectivity index (χ1v) is 5.71. The van der Waals surface area contributed by atoms with Crippen LogP contribution in [0.15, 0.2) is 48.7 Å². The summed E-state index contributed by atoms with van der Waals surface area (Å²) in [5, 5.41) is 4.35. The van der Waals surface area contributed by atoms with Gasteiger partial charge in [0.2, 0.25) is 0 Å². The van der Waals surface area contributed by atoms with Crippen molar-refractivity contribution < 1.29 is 4.74 Å². The van der Waals surface area contributed by atoms with Gasteiger partial charge in [0.25, 0.3) is 0 Å². The number of H-pyrrole nitrogens is 1. The summed E-state index contributed by atoms with van der Waals surface area (Å²) >= 11 is 0. The third kappa shape index (κ3) is 1.88. The highest BCUT2D eigenvalue weighted by Gasteiger charge is 2.03. The molecule has 3 aromatic rings. The first kappa shape index (κ1) is 10.7. The van der Waals surface area contributed by atoms with Crippen LogP contribution < -0.4 is 10.1 Å². The number of nitrogens with zero attached hydrogens (tertiary/aromatic N) is 1. The molecule has 0 aliphatic rings. The summed E-state index contributed by atoms with van der Waals surface area (Å²) in [6, 6.07) is 13.7. The molecule has 0 radical (unpaired) electrons. The summed E-state index contributed by atoms with van der Waals surface area (Å²) in [6.07, 6.45) is 1.88. The zero-order chi connectivity index (χ0) is 12.4. The van der Waals surface area contributed by atoms with Crippen LogP contribution in [0.3, 0.4) is 0 Å². The van der Waals surface area contributed by atoms with E-state index in [0.29, 0.717) is 0 Å².